The van der Waals surface area contributed by atoms with Crippen LogP contribution in [0.1, 0.15) is 6.42 Å². The maximum atomic E-state index is 14.5. The predicted octanol–water partition coefficient (Wildman–Crippen LogP) is 3.86. The molecule has 1 N–H and O–H groups in total. The van der Waals surface area contributed by atoms with E-state index in [0.29, 0.717) is 41.1 Å². The first-order valence-electron chi connectivity index (χ1n) is 11.1. The van der Waals surface area contributed by atoms with E-state index in [1.54, 1.807) is 12.1 Å². The van der Waals surface area contributed by atoms with Crippen LogP contribution in [0, 0.1) is 23.5 Å². The van der Waals surface area contributed by atoms with Gasteiger partial charge in [-0.05, 0) is 44.6 Å². The molecule has 0 bridgehead atoms. The number of benzene rings is 2. The van der Waals surface area contributed by atoms with Crippen molar-refractivity contribution >= 4 is 40.3 Å². The molecule has 0 amide bonds. The number of carbonyl (C=O) groups is 1. The molecule has 2 atom stereocenters. The fourth-order valence-electron chi connectivity index (χ4n) is 4.07. The van der Waals surface area contributed by atoms with Crippen LogP contribution in [0.3, 0.4) is 0 Å². The van der Waals surface area contributed by atoms with Crippen molar-refractivity contribution < 1.29 is 23.0 Å². The van der Waals surface area contributed by atoms with Gasteiger partial charge in [-0.1, -0.05) is 17.5 Å². The summed E-state index contributed by atoms with van der Waals surface area (Å²) in [4.78, 5) is 23.3. The number of rotatable bonds is 7. The summed E-state index contributed by atoms with van der Waals surface area (Å²) in [5, 5.41) is 2.80. The molecular formula is C25H24ClF2N5O3. The smallest absolute Gasteiger partial charge is 0.192 e. The van der Waals surface area contributed by atoms with Crippen molar-refractivity contribution in [3.8, 4) is 23.3 Å². The fourth-order valence-corrected chi connectivity index (χ4v) is 4.24. The summed E-state index contributed by atoms with van der Waals surface area (Å²) in [6, 6.07) is 5.74. The number of nitrogens with one attached hydrogen (secondary N) is 1. The molecule has 0 aliphatic carbocycles. The van der Waals surface area contributed by atoms with Crippen LogP contribution in [0.2, 0.25) is 5.02 Å². The van der Waals surface area contributed by atoms with E-state index >= 15 is 0 Å². The summed E-state index contributed by atoms with van der Waals surface area (Å²) in [5.74, 6) is 4.90. The maximum absolute atomic E-state index is 14.5. The van der Waals surface area contributed by atoms with Gasteiger partial charge in [0.2, 0.25) is 0 Å². The zero-order valence-electron chi connectivity index (χ0n) is 19.9. The van der Waals surface area contributed by atoms with Gasteiger partial charge in [0.1, 0.15) is 35.3 Å². The number of halogens is 3. The molecule has 1 fully saturated rings. The Morgan fingerprint density at radius 1 is 1.28 bits per heavy atom. The van der Waals surface area contributed by atoms with Crippen LogP contribution in [0.5, 0.6) is 11.5 Å². The lowest BCUT2D eigenvalue weighted by Crippen LogP contribution is -2.43. The Hall–Kier alpha value is -3.52. The fraction of sp³-hybridized carbons (Fsp3) is 0.320. The minimum Gasteiger partial charge on any atom is -0.493 e. The van der Waals surface area contributed by atoms with Crippen LogP contribution in [-0.2, 0) is 4.79 Å². The van der Waals surface area contributed by atoms with Crippen molar-refractivity contribution in [3.05, 3.63) is 47.2 Å². The summed E-state index contributed by atoms with van der Waals surface area (Å²) >= 11 is 5.72. The monoisotopic (exact) mass is 515 g/mol. The summed E-state index contributed by atoms with van der Waals surface area (Å²) in [7, 11) is 5.33. The first-order chi connectivity index (χ1) is 17.3. The topological polar surface area (TPSA) is 79.8 Å². The number of aldehydes is 1. The number of nitrogens with zero attached hydrogens (tertiary/aromatic N) is 4. The molecule has 188 valence electrons. The first kappa shape index (κ1) is 25.6. The summed E-state index contributed by atoms with van der Waals surface area (Å²) in [6.07, 6.45) is 2.27. The molecule has 1 unspecified atom stereocenters. The SMILES string of the molecule is COc1cc2ncnc(Nc3ccc(F)c(Cl)c3F)c2cc1O[C@H]1CCN(C(C#CC=O)N(C)C)C1. The molecule has 36 heavy (non-hydrogen) atoms. The molecule has 2 aromatic carbocycles. The van der Waals surface area contributed by atoms with Gasteiger partial charge in [0.25, 0.3) is 0 Å². The van der Waals surface area contributed by atoms with E-state index in [4.69, 9.17) is 21.1 Å². The van der Waals surface area contributed by atoms with Crippen molar-refractivity contribution in [2.75, 3.05) is 39.6 Å². The van der Waals surface area contributed by atoms with Gasteiger partial charge in [0, 0.05) is 24.5 Å². The van der Waals surface area contributed by atoms with E-state index in [-0.39, 0.29) is 18.0 Å². The van der Waals surface area contributed by atoms with E-state index in [2.05, 4.69) is 32.0 Å². The third kappa shape index (κ3) is 5.33. The molecule has 0 radical (unpaired) electrons. The number of aromatic nitrogens is 2. The van der Waals surface area contributed by atoms with E-state index in [0.717, 1.165) is 19.0 Å². The highest BCUT2D eigenvalue weighted by Crippen LogP contribution is 2.37. The number of ether oxygens (including phenoxy) is 2. The Labute approximate surface area is 212 Å². The molecule has 3 aromatic rings. The predicted molar refractivity (Wildman–Crippen MR) is 133 cm³/mol. The van der Waals surface area contributed by atoms with Crippen LogP contribution in [0.25, 0.3) is 10.9 Å². The van der Waals surface area contributed by atoms with Gasteiger partial charge in [0.15, 0.2) is 23.6 Å². The highest BCUT2D eigenvalue weighted by atomic mass is 35.5. The Morgan fingerprint density at radius 3 is 2.81 bits per heavy atom. The van der Waals surface area contributed by atoms with Crippen molar-refractivity contribution in [1.82, 2.24) is 19.8 Å². The first-order valence-corrected chi connectivity index (χ1v) is 11.4. The van der Waals surface area contributed by atoms with Gasteiger partial charge in [-0.3, -0.25) is 14.6 Å². The normalized spacial score (nSPS) is 16.5. The Bertz CT molecular complexity index is 1340. The maximum Gasteiger partial charge on any atom is 0.192 e. The Morgan fingerprint density at radius 2 is 2.08 bits per heavy atom. The third-order valence-corrected chi connectivity index (χ3v) is 6.13. The average Bonchev–Trinajstić information content (AvgIpc) is 3.32. The number of carbonyl (C=O) groups excluding carboxylic acids is 1. The van der Waals surface area contributed by atoms with E-state index in [9.17, 15) is 13.6 Å². The lowest BCUT2D eigenvalue weighted by atomic mass is 10.2. The van der Waals surface area contributed by atoms with E-state index in [1.807, 2.05) is 19.0 Å². The van der Waals surface area contributed by atoms with E-state index in [1.165, 1.54) is 19.5 Å². The molecule has 0 saturated carbocycles. The van der Waals surface area contributed by atoms with Crippen LogP contribution in [0.15, 0.2) is 30.6 Å². The molecule has 1 aliphatic heterocycles. The van der Waals surface area contributed by atoms with Gasteiger partial charge in [-0.2, -0.15) is 0 Å². The molecular weight excluding hydrogens is 492 g/mol. The summed E-state index contributed by atoms with van der Waals surface area (Å²) in [6.45, 7) is 1.32. The van der Waals surface area contributed by atoms with Gasteiger partial charge < -0.3 is 14.8 Å². The standard InChI is InChI=1S/C25H24ClF2N5O3/c1-32(2)22(5-4-10-34)33-9-8-15(13-33)36-21-11-16-19(12-20(21)35-3)29-14-30-25(16)31-18-7-6-17(27)23(26)24(18)28/h6-7,10-12,14-15,22H,8-9,13H2,1-3H3,(H,29,30,31)/t15-,22?/m0/s1. The number of hydrogen-bond donors (Lipinski definition) is 1. The zero-order chi connectivity index (χ0) is 25.8. The summed E-state index contributed by atoms with van der Waals surface area (Å²) < 4.78 is 39.9. The minimum atomic E-state index is -0.924. The lowest BCUT2D eigenvalue weighted by molar-refractivity contribution is -0.103. The second kappa shape index (κ2) is 11.0. The average molecular weight is 516 g/mol. The molecule has 4 rings (SSSR count). The molecule has 1 aliphatic rings. The second-order valence-electron chi connectivity index (χ2n) is 8.36. The molecule has 8 nitrogen and oxygen atoms in total. The Balaban J connectivity index is 1.62. The molecule has 2 heterocycles. The highest BCUT2D eigenvalue weighted by Gasteiger charge is 2.30. The number of likely N-dealkylation sites (tertiary alicyclic amines) is 1. The number of anilines is 2. The number of hydrogen-bond acceptors (Lipinski definition) is 8. The van der Waals surface area contributed by atoms with Crippen molar-refractivity contribution in [3.63, 3.8) is 0 Å². The molecule has 1 saturated heterocycles. The van der Waals surface area contributed by atoms with Crippen LogP contribution in [0.4, 0.5) is 20.3 Å². The zero-order valence-corrected chi connectivity index (χ0v) is 20.6. The van der Waals surface area contributed by atoms with Crippen molar-refractivity contribution in [2.24, 2.45) is 0 Å². The van der Waals surface area contributed by atoms with Gasteiger partial charge in [-0.25, -0.2) is 18.7 Å². The van der Waals surface area contributed by atoms with Crippen molar-refractivity contribution in [1.29, 1.82) is 0 Å². The number of fused-ring (bicyclic) bond motifs is 1. The minimum absolute atomic E-state index is 0.0303. The van der Waals surface area contributed by atoms with Gasteiger partial charge >= 0.3 is 0 Å². The van der Waals surface area contributed by atoms with Crippen molar-refractivity contribution in [2.45, 2.75) is 18.7 Å². The lowest BCUT2D eigenvalue weighted by Gasteiger charge is -2.28. The largest absolute Gasteiger partial charge is 0.493 e. The van der Waals surface area contributed by atoms with Crippen LogP contribution < -0.4 is 14.8 Å². The Kier molecular flexibility index (Phi) is 7.84. The molecule has 11 heteroatoms. The van der Waals surface area contributed by atoms with Gasteiger partial charge in [-0.15, -0.1) is 0 Å². The van der Waals surface area contributed by atoms with Crippen LogP contribution in [-0.4, -0.2) is 72.6 Å². The quantitative estimate of drug-likeness (QED) is 0.289. The number of methoxy groups -OCH3 is 1. The second-order valence-corrected chi connectivity index (χ2v) is 8.74. The van der Waals surface area contributed by atoms with Gasteiger partial charge in [0.05, 0.1) is 18.3 Å². The van der Waals surface area contributed by atoms with E-state index < -0.39 is 16.7 Å². The third-order valence-electron chi connectivity index (χ3n) is 5.79. The highest BCUT2D eigenvalue weighted by molar-refractivity contribution is 6.31. The van der Waals surface area contributed by atoms with Crippen LogP contribution >= 0.6 is 11.6 Å². The summed E-state index contributed by atoms with van der Waals surface area (Å²) in [5.41, 5.74) is 0.507. The molecule has 0 spiro atoms. The molecule has 1 aromatic heterocycles.